The summed E-state index contributed by atoms with van der Waals surface area (Å²) in [5.41, 5.74) is 0.514. The monoisotopic (exact) mass is 423 g/mol. The Bertz CT molecular complexity index is 1170. The number of morpholine rings is 1. The minimum absolute atomic E-state index is 0.0511. The number of aryl methyl sites for hydroxylation is 2. The minimum atomic E-state index is -0.449. The first-order chi connectivity index (χ1) is 13.4. The van der Waals surface area contributed by atoms with Crippen molar-refractivity contribution in [1.82, 2.24) is 18.7 Å². The molecule has 10 heteroatoms. The molecule has 0 amide bonds. The van der Waals surface area contributed by atoms with Crippen molar-refractivity contribution in [2.45, 2.75) is 6.54 Å². The zero-order valence-corrected chi connectivity index (χ0v) is 17.0. The second-order valence-electron chi connectivity index (χ2n) is 6.71. The van der Waals surface area contributed by atoms with Crippen LogP contribution >= 0.6 is 23.2 Å². The predicted molar refractivity (Wildman–Crippen MR) is 109 cm³/mol. The lowest BCUT2D eigenvalue weighted by atomic mass is 10.2. The Labute approximate surface area is 170 Å². The highest BCUT2D eigenvalue weighted by Crippen LogP contribution is 2.22. The van der Waals surface area contributed by atoms with Gasteiger partial charge in [0.15, 0.2) is 11.2 Å². The number of hydrogen-bond donors (Lipinski definition) is 0. The molecule has 1 aliphatic heterocycles. The van der Waals surface area contributed by atoms with Crippen molar-refractivity contribution in [3.8, 4) is 0 Å². The van der Waals surface area contributed by atoms with Gasteiger partial charge in [0.05, 0.1) is 19.8 Å². The van der Waals surface area contributed by atoms with Crippen molar-refractivity contribution in [2.24, 2.45) is 14.1 Å². The Morgan fingerprint density at radius 3 is 2.50 bits per heavy atom. The molecule has 1 saturated heterocycles. The van der Waals surface area contributed by atoms with Gasteiger partial charge >= 0.3 is 5.69 Å². The van der Waals surface area contributed by atoms with Crippen molar-refractivity contribution in [3.05, 3.63) is 54.6 Å². The van der Waals surface area contributed by atoms with Gasteiger partial charge in [-0.25, -0.2) is 4.79 Å². The molecule has 0 N–H and O–H groups in total. The van der Waals surface area contributed by atoms with Crippen molar-refractivity contribution < 1.29 is 4.74 Å². The number of rotatable bonds is 3. The number of aromatic nitrogens is 4. The molecule has 4 rings (SSSR count). The van der Waals surface area contributed by atoms with Gasteiger partial charge in [0.25, 0.3) is 5.56 Å². The first kappa shape index (κ1) is 19.0. The third-order valence-corrected chi connectivity index (χ3v) is 5.56. The molecule has 3 aromatic rings. The van der Waals surface area contributed by atoms with E-state index >= 15 is 0 Å². The van der Waals surface area contributed by atoms with Gasteiger partial charge in [-0.05, 0) is 17.7 Å². The van der Waals surface area contributed by atoms with Gasteiger partial charge in [0.1, 0.15) is 0 Å². The van der Waals surface area contributed by atoms with Crippen LogP contribution in [-0.4, -0.2) is 45.0 Å². The molecule has 1 aliphatic rings. The molecular formula is C18H19Cl2N5O3. The molecule has 0 aliphatic carbocycles. The number of fused-ring (bicyclic) bond motifs is 1. The highest BCUT2D eigenvalue weighted by molar-refractivity contribution is 6.35. The summed E-state index contributed by atoms with van der Waals surface area (Å²) in [6.45, 7) is 2.61. The number of hydrogen-bond acceptors (Lipinski definition) is 5. The second kappa shape index (κ2) is 7.27. The first-order valence-electron chi connectivity index (χ1n) is 8.81. The fraction of sp³-hybridized carbons (Fsp3) is 0.389. The lowest BCUT2D eigenvalue weighted by Crippen LogP contribution is -2.40. The van der Waals surface area contributed by atoms with Crippen molar-refractivity contribution in [2.75, 3.05) is 31.2 Å². The summed E-state index contributed by atoms with van der Waals surface area (Å²) in [6.07, 6.45) is 0. The van der Waals surface area contributed by atoms with Crippen molar-refractivity contribution in [1.29, 1.82) is 0 Å². The first-order valence-corrected chi connectivity index (χ1v) is 9.57. The molecule has 0 radical (unpaired) electrons. The van der Waals surface area contributed by atoms with Crippen molar-refractivity contribution in [3.63, 3.8) is 0 Å². The smallest absolute Gasteiger partial charge is 0.332 e. The van der Waals surface area contributed by atoms with Gasteiger partial charge < -0.3 is 14.2 Å². The molecule has 148 valence electrons. The third kappa shape index (κ3) is 3.11. The van der Waals surface area contributed by atoms with E-state index in [-0.39, 0.29) is 6.54 Å². The van der Waals surface area contributed by atoms with Crippen LogP contribution in [0.4, 0.5) is 5.95 Å². The standard InChI is InChI=1S/C18H19Cl2N5O3/c1-22-14-15(21-17(22)24-5-7-28-8-6-24)23(2)18(27)25(16(14)26)10-11-3-4-12(19)9-13(11)20/h3-4,9H,5-8,10H2,1-2H3. The van der Waals surface area contributed by atoms with E-state index in [0.717, 1.165) is 0 Å². The quantitative estimate of drug-likeness (QED) is 0.639. The SMILES string of the molecule is Cn1c(N2CCOCC2)nc2c1c(=O)n(Cc1ccc(Cl)cc1Cl)c(=O)n2C. The fourth-order valence-corrected chi connectivity index (χ4v) is 3.91. The van der Waals surface area contributed by atoms with Crippen LogP contribution in [0.2, 0.25) is 10.0 Å². The Morgan fingerprint density at radius 2 is 1.82 bits per heavy atom. The molecule has 1 aromatic carbocycles. The van der Waals surface area contributed by atoms with E-state index in [9.17, 15) is 9.59 Å². The highest BCUT2D eigenvalue weighted by Gasteiger charge is 2.23. The van der Waals surface area contributed by atoms with Gasteiger partial charge in [0.2, 0.25) is 5.95 Å². The predicted octanol–water partition coefficient (Wildman–Crippen LogP) is 1.63. The summed E-state index contributed by atoms with van der Waals surface area (Å²) in [6, 6.07) is 4.98. The van der Waals surface area contributed by atoms with Crippen LogP contribution < -0.4 is 16.1 Å². The molecular weight excluding hydrogens is 405 g/mol. The topological polar surface area (TPSA) is 74.3 Å². The van der Waals surface area contributed by atoms with Gasteiger partial charge in [-0.15, -0.1) is 0 Å². The number of benzene rings is 1. The Kier molecular flexibility index (Phi) is 4.95. The number of imidazole rings is 1. The van der Waals surface area contributed by atoms with E-state index in [1.807, 2.05) is 4.90 Å². The molecule has 1 fully saturated rings. The van der Waals surface area contributed by atoms with E-state index in [1.54, 1.807) is 36.9 Å². The average molecular weight is 424 g/mol. The van der Waals surface area contributed by atoms with E-state index < -0.39 is 11.2 Å². The zero-order chi connectivity index (χ0) is 20.0. The van der Waals surface area contributed by atoms with Gasteiger partial charge in [-0.2, -0.15) is 4.98 Å². The minimum Gasteiger partial charge on any atom is -0.378 e. The Hall–Kier alpha value is -2.29. The normalized spacial score (nSPS) is 14.8. The fourth-order valence-electron chi connectivity index (χ4n) is 3.44. The lowest BCUT2D eigenvalue weighted by Gasteiger charge is -2.27. The van der Waals surface area contributed by atoms with Crippen LogP contribution in [0.5, 0.6) is 0 Å². The maximum absolute atomic E-state index is 13.2. The molecule has 28 heavy (non-hydrogen) atoms. The molecule has 0 bridgehead atoms. The second-order valence-corrected chi connectivity index (χ2v) is 7.55. The maximum atomic E-state index is 13.2. The number of anilines is 1. The van der Waals surface area contributed by atoms with Crippen LogP contribution in [0.3, 0.4) is 0 Å². The highest BCUT2D eigenvalue weighted by atomic mass is 35.5. The lowest BCUT2D eigenvalue weighted by molar-refractivity contribution is 0.122. The van der Waals surface area contributed by atoms with Crippen LogP contribution in [0.25, 0.3) is 11.2 Å². The summed E-state index contributed by atoms with van der Waals surface area (Å²) >= 11 is 12.2. The third-order valence-electron chi connectivity index (χ3n) is 4.97. The molecule has 0 atom stereocenters. The van der Waals surface area contributed by atoms with E-state index in [1.165, 1.54) is 9.13 Å². The summed E-state index contributed by atoms with van der Waals surface area (Å²) in [5.74, 6) is 0.646. The molecule has 8 nitrogen and oxygen atoms in total. The number of nitrogens with zero attached hydrogens (tertiary/aromatic N) is 5. The number of ether oxygens (including phenoxy) is 1. The summed E-state index contributed by atoms with van der Waals surface area (Å²) in [7, 11) is 3.39. The van der Waals surface area contributed by atoms with Gasteiger partial charge in [0, 0.05) is 37.2 Å². The van der Waals surface area contributed by atoms with Crippen LogP contribution in [0, 0.1) is 0 Å². The molecule has 3 heterocycles. The number of halogens is 2. The average Bonchev–Trinajstić information content (AvgIpc) is 3.03. The molecule has 0 spiro atoms. The molecule has 0 saturated carbocycles. The van der Waals surface area contributed by atoms with Crippen LogP contribution in [0.15, 0.2) is 27.8 Å². The van der Waals surface area contributed by atoms with Crippen LogP contribution in [-0.2, 0) is 25.4 Å². The zero-order valence-electron chi connectivity index (χ0n) is 15.5. The molecule has 0 unspecified atom stereocenters. The van der Waals surface area contributed by atoms with E-state index in [4.69, 9.17) is 27.9 Å². The van der Waals surface area contributed by atoms with Crippen LogP contribution in [0.1, 0.15) is 5.56 Å². The Morgan fingerprint density at radius 1 is 1.11 bits per heavy atom. The van der Waals surface area contributed by atoms with Gasteiger partial charge in [-0.3, -0.25) is 13.9 Å². The van der Waals surface area contributed by atoms with Crippen molar-refractivity contribution >= 4 is 40.3 Å². The Balaban J connectivity index is 1.87. The summed E-state index contributed by atoms with van der Waals surface area (Å²) in [5, 5.41) is 0.895. The summed E-state index contributed by atoms with van der Waals surface area (Å²) in [4.78, 5) is 32.7. The largest absolute Gasteiger partial charge is 0.378 e. The molecule has 2 aromatic heterocycles. The maximum Gasteiger partial charge on any atom is 0.332 e. The van der Waals surface area contributed by atoms with E-state index in [2.05, 4.69) is 4.98 Å². The van der Waals surface area contributed by atoms with Gasteiger partial charge in [-0.1, -0.05) is 29.3 Å². The van der Waals surface area contributed by atoms with E-state index in [0.29, 0.717) is 59.0 Å². The summed E-state index contributed by atoms with van der Waals surface area (Å²) < 4.78 is 9.69.